The average Bonchev–Trinajstić information content (AvgIpc) is 2.95. The summed E-state index contributed by atoms with van der Waals surface area (Å²) in [4.78, 5) is 7.95. The van der Waals surface area contributed by atoms with Gasteiger partial charge >= 0.3 is 12.4 Å². The zero-order chi connectivity index (χ0) is 20.4. The van der Waals surface area contributed by atoms with E-state index in [1.165, 1.54) is 28.4 Å². The van der Waals surface area contributed by atoms with Crippen molar-refractivity contribution in [2.24, 2.45) is 0 Å². The lowest BCUT2D eigenvalue weighted by Gasteiger charge is -2.22. The number of nitrogens with zero attached hydrogens (tertiary/aromatic N) is 3. The molecule has 1 aromatic carbocycles. The number of thiazole rings is 1. The van der Waals surface area contributed by atoms with Crippen molar-refractivity contribution in [2.45, 2.75) is 25.3 Å². The quantitative estimate of drug-likeness (QED) is 0.653. The highest BCUT2D eigenvalue weighted by molar-refractivity contribution is 7.13. The largest absolute Gasteiger partial charge is 0.416 e. The van der Waals surface area contributed by atoms with Gasteiger partial charge in [0.25, 0.3) is 0 Å². The van der Waals surface area contributed by atoms with Crippen molar-refractivity contribution in [1.29, 1.82) is 0 Å². The first-order valence-electron chi connectivity index (χ1n) is 8.74. The predicted molar refractivity (Wildman–Crippen MR) is 94.9 cm³/mol. The van der Waals surface area contributed by atoms with Crippen molar-refractivity contribution in [3.63, 3.8) is 0 Å². The Labute approximate surface area is 162 Å². The molecule has 1 aliphatic rings. The van der Waals surface area contributed by atoms with Crippen molar-refractivity contribution in [3.8, 4) is 10.6 Å². The molecule has 2 aromatic rings. The summed E-state index contributed by atoms with van der Waals surface area (Å²) in [5.74, 6) is 0. The van der Waals surface area contributed by atoms with E-state index in [9.17, 15) is 26.3 Å². The van der Waals surface area contributed by atoms with Crippen molar-refractivity contribution >= 4 is 11.3 Å². The molecular formula is C18H19F6N3S. The molecule has 0 amide bonds. The second-order valence-electron chi connectivity index (χ2n) is 6.74. The third kappa shape index (κ3) is 5.92. The van der Waals surface area contributed by atoms with E-state index < -0.39 is 24.5 Å². The fraction of sp³-hybridized carbons (Fsp3) is 0.500. The molecule has 3 nitrogen and oxygen atoms in total. The SMILES string of the molecule is FC(F)(F)CN1CCCN(Cc2csc(-c3ccc(C(F)(F)F)cc3)n2)CC1. The average molecular weight is 423 g/mol. The topological polar surface area (TPSA) is 19.4 Å². The fourth-order valence-corrected chi connectivity index (χ4v) is 3.95. The van der Waals surface area contributed by atoms with Gasteiger partial charge in [-0.25, -0.2) is 4.98 Å². The molecule has 0 aliphatic carbocycles. The van der Waals surface area contributed by atoms with Crippen LogP contribution in [0.3, 0.4) is 0 Å². The summed E-state index contributed by atoms with van der Waals surface area (Å²) in [5, 5.41) is 2.46. The lowest BCUT2D eigenvalue weighted by atomic mass is 10.1. The van der Waals surface area contributed by atoms with E-state index in [-0.39, 0.29) is 0 Å². The Bertz CT molecular complexity index is 769. The first-order chi connectivity index (χ1) is 13.1. The Morgan fingerprint density at radius 3 is 2.18 bits per heavy atom. The van der Waals surface area contributed by atoms with Crippen LogP contribution in [-0.4, -0.2) is 53.7 Å². The van der Waals surface area contributed by atoms with Crippen LogP contribution in [0.5, 0.6) is 0 Å². The minimum atomic E-state index is -4.38. The van der Waals surface area contributed by atoms with E-state index in [1.54, 1.807) is 0 Å². The fourth-order valence-electron chi connectivity index (χ4n) is 3.14. The molecule has 0 unspecified atom stereocenters. The molecule has 0 bridgehead atoms. The van der Waals surface area contributed by atoms with Gasteiger partial charge in [-0.2, -0.15) is 26.3 Å². The van der Waals surface area contributed by atoms with Crippen LogP contribution in [0.25, 0.3) is 10.6 Å². The van der Waals surface area contributed by atoms with Gasteiger partial charge in [-0.15, -0.1) is 11.3 Å². The van der Waals surface area contributed by atoms with E-state index in [4.69, 9.17) is 0 Å². The summed E-state index contributed by atoms with van der Waals surface area (Å²) in [6, 6.07) is 4.85. The molecule has 0 spiro atoms. The first-order valence-corrected chi connectivity index (χ1v) is 9.62. The van der Waals surface area contributed by atoms with Gasteiger partial charge in [0.15, 0.2) is 0 Å². The number of rotatable bonds is 4. The second-order valence-corrected chi connectivity index (χ2v) is 7.60. The highest BCUT2D eigenvalue weighted by atomic mass is 32.1. The van der Waals surface area contributed by atoms with E-state index in [2.05, 4.69) is 9.88 Å². The van der Waals surface area contributed by atoms with Crippen LogP contribution >= 0.6 is 11.3 Å². The summed E-state index contributed by atoms with van der Waals surface area (Å²) >= 11 is 1.34. The minimum absolute atomic E-state index is 0.343. The van der Waals surface area contributed by atoms with Crippen LogP contribution in [0, 0.1) is 0 Å². The summed E-state index contributed by atoms with van der Waals surface area (Å²) in [7, 11) is 0. The van der Waals surface area contributed by atoms with E-state index in [1.807, 2.05) is 5.38 Å². The maximum atomic E-state index is 12.7. The van der Waals surface area contributed by atoms with Gasteiger partial charge in [0, 0.05) is 30.6 Å². The molecule has 28 heavy (non-hydrogen) atoms. The van der Waals surface area contributed by atoms with Gasteiger partial charge in [0.05, 0.1) is 17.8 Å². The molecule has 1 aromatic heterocycles. The zero-order valence-electron chi connectivity index (χ0n) is 14.9. The molecular weight excluding hydrogens is 404 g/mol. The number of aromatic nitrogens is 1. The Kier molecular flexibility index (Phi) is 6.31. The van der Waals surface area contributed by atoms with Crippen LogP contribution < -0.4 is 0 Å². The van der Waals surface area contributed by atoms with E-state index in [0.29, 0.717) is 49.7 Å². The van der Waals surface area contributed by atoms with Crippen molar-refractivity contribution in [2.75, 3.05) is 32.7 Å². The number of hydrogen-bond donors (Lipinski definition) is 0. The normalized spacial score (nSPS) is 17.6. The lowest BCUT2D eigenvalue weighted by Crippen LogP contribution is -2.37. The molecule has 1 saturated heterocycles. The van der Waals surface area contributed by atoms with Crippen molar-refractivity contribution in [1.82, 2.24) is 14.8 Å². The summed E-state index contributed by atoms with van der Waals surface area (Å²) < 4.78 is 75.6. The smallest absolute Gasteiger partial charge is 0.296 e. The highest BCUT2D eigenvalue weighted by Gasteiger charge is 2.31. The standard InChI is InChI=1S/C18H19F6N3S/c19-17(20,21)12-27-7-1-6-26(8-9-27)10-15-11-28-16(25-15)13-2-4-14(5-3-13)18(22,23)24/h2-5,11H,1,6-10,12H2. The third-order valence-electron chi connectivity index (χ3n) is 4.48. The molecule has 2 heterocycles. The van der Waals surface area contributed by atoms with Gasteiger partial charge in [0.2, 0.25) is 0 Å². The van der Waals surface area contributed by atoms with Gasteiger partial charge in [0.1, 0.15) is 5.01 Å². The molecule has 1 aliphatic heterocycles. The predicted octanol–water partition coefficient (Wildman–Crippen LogP) is 4.90. The van der Waals surface area contributed by atoms with Crippen LogP contribution in [0.4, 0.5) is 26.3 Å². The van der Waals surface area contributed by atoms with Gasteiger partial charge in [-0.1, -0.05) is 12.1 Å². The lowest BCUT2D eigenvalue weighted by molar-refractivity contribution is -0.145. The number of halogens is 6. The van der Waals surface area contributed by atoms with E-state index >= 15 is 0 Å². The second kappa shape index (κ2) is 8.38. The molecule has 0 N–H and O–H groups in total. The van der Waals surface area contributed by atoms with Crippen molar-refractivity contribution < 1.29 is 26.3 Å². The maximum absolute atomic E-state index is 12.7. The Hall–Kier alpha value is -1.65. The molecule has 1 fully saturated rings. The summed E-state index contributed by atoms with van der Waals surface area (Å²) in [6.45, 7) is 1.57. The van der Waals surface area contributed by atoms with Crippen LogP contribution in [-0.2, 0) is 12.7 Å². The monoisotopic (exact) mass is 423 g/mol. The zero-order valence-corrected chi connectivity index (χ0v) is 15.7. The van der Waals surface area contributed by atoms with Gasteiger partial charge in [-0.05, 0) is 31.6 Å². The maximum Gasteiger partial charge on any atom is 0.416 e. The van der Waals surface area contributed by atoms with Crippen LogP contribution in [0.2, 0.25) is 0 Å². The molecule has 3 rings (SSSR count). The third-order valence-corrected chi connectivity index (χ3v) is 5.42. The number of benzene rings is 1. The van der Waals surface area contributed by atoms with E-state index in [0.717, 1.165) is 17.8 Å². The number of alkyl halides is 6. The summed E-state index contributed by atoms with van der Waals surface area (Å²) in [5.41, 5.74) is 0.668. The highest BCUT2D eigenvalue weighted by Crippen LogP contribution is 2.32. The molecule has 0 atom stereocenters. The number of hydrogen-bond acceptors (Lipinski definition) is 4. The minimum Gasteiger partial charge on any atom is -0.296 e. The van der Waals surface area contributed by atoms with Gasteiger partial charge in [-0.3, -0.25) is 9.80 Å². The molecule has 10 heteroatoms. The summed E-state index contributed by atoms with van der Waals surface area (Å²) in [6.07, 6.45) is -7.92. The Morgan fingerprint density at radius 1 is 0.893 bits per heavy atom. The van der Waals surface area contributed by atoms with Crippen LogP contribution in [0.1, 0.15) is 17.7 Å². The Balaban J connectivity index is 1.59. The Morgan fingerprint density at radius 2 is 1.54 bits per heavy atom. The molecule has 154 valence electrons. The molecule has 0 saturated carbocycles. The molecule has 0 radical (unpaired) electrons. The van der Waals surface area contributed by atoms with Gasteiger partial charge < -0.3 is 0 Å². The van der Waals surface area contributed by atoms with Crippen molar-refractivity contribution in [3.05, 3.63) is 40.9 Å². The van der Waals surface area contributed by atoms with Crippen LogP contribution in [0.15, 0.2) is 29.6 Å². The first kappa shape index (κ1) is 21.1.